The molecular weight excluding hydrogens is 372 g/mol. The van der Waals surface area contributed by atoms with E-state index in [9.17, 15) is 9.59 Å². The van der Waals surface area contributed by atoms with Crippen molar-refractivity contribution < 1.29 is 14.3 Å². The summed E-state index contributed by atoms with van der Waals surface area (Å²) < 4.78 is 5.53. The monoisotopic (exact) mass is 398 g/mol. The molecule has 0 unspecified atom stereocenters. The van der Waals surface area contributed by atoms with Crippen molar-refractivity contribution in [1.29, 1.82) is 0 Å². The summed E-state index contributed by atoms with van der Waals surface area (Å²) in [4.78, 5) is 24.8. The largest absolute Gasteiger partial charge is 0.376 e. The van der Waals surface area contributed by atoms with Gasteiger partial charge in [-0.1, -0.05) is 42.5 Å². The maximum Gasteiger partial charge on any atom is 0.253 e. The Kier molecular flexibility index (Phi) is 7.94. The first-order valence-corrected chi connectivity index (χ1v) is 10.8. The van der Waals surface area contributed by atoms with E-state index in [0.717, 1.165) is 31.0 Å². The molecule has 0 bridgehead atoms. The van der Waals surface area contributed by atoms with Crippen molar-refractivity contribution in [3.05, 3.63) is 65.7 Å². The SMILES string of the molecule is O=C(CCSCc1ccccc1)Nc1ccccc1C(=O)NC[C@@H]1CCCO1. The minimum Gasteiger partial charge on any atom is -0.376 e. The number of hydrogen-bond acceptors (Lipinski definition) is 4. The van der Waals surface area contributed by atoms with Crippen molar-refractivity contribution in [3.63, 3.8) is 0 Å². The van der Waals surface area contributed by atoms with E-state index in [2.05, 4.69) is 22.8 Å². The summed E-state index contributed by atoms with van der Waals surface area (Å²) >= 11 is 1.72. The maximum absolute atomic E-state index is 12.5. The Balaban J connectivity index is 1.45. The molecule has 0 spiro atoms. The Hall–Kier alpha value is -2.31. The molecule has 148 valence electrons. The Bertz CT molecular complexity index is 776. The van der Waals surface area contributed by atoms with Gasteiger partial charge in [-0.25, -0.2) is 0 Å². The first kappa shape index (κ1) is 20.4. The molecule has 2 aromatic carbocycles. The van der Waals surface area contributed by atoms with Gasteiger partial charge in [0.2, 0.25) is 5.91 Å². The molecule has 1 aliphatic rings. The van der Waals surface area contributed by atoms with Gasteiger partial charge in [0.1, 0.15) is 0 Å². The molecule has 2 N–H and O–H groups in total. The minimum atomic E-state index is -0.190. The lowest BCUT2D eigenvalue weighted by atomic mass is 10.1. The third kappa shape index (κ3) is 6.39. The highest BCUT2D eigenvalue weighted by Crippen LogP contribution is 2.17. The molecule has 0 radical (unpaired) electrons. The second-order valence-electron chi connectivity index (χ2n) is 6.73. The Morgan fingerprint density at radius 1 is 1.07 bits per heavy atom. The quantitative estimate of drug-likeness (QED) is 0.630. The van der Waals surface area contributed by atoms with Gasteiger partial charge in [-0.3, -0.25) is 9.59 Å². The normalized spacial score (nSPS) is 15.9. The molecule has 1 atom stereocenters. The zero-order valence-corrected chi connectivity index (χ0v) is 16.7. The van der Waals surface area contributed by atoms with Crippen LogP contribution in [0.4, 0.5) is 5.69 Å². The van der Waals surface area contributed by atoms with E-state index in [0.29, 0.717) is 24.2 Å². The molecule has 0 aliphatic carbocycles. The summed E-state index contributed by atoms with van der Waals surface area (Å²) in [6.45, 7) is 1.26. The number of carbonyl (C=O) groups excluding carboxylic acids is 2. The van der Waals surface area contributed by atoms with E-state index in [4.69, 9.17) is 4.74 Å². The van der Waals surface area contributed by atoms with Crippen molar-refractivity contribution in [2.24, 2.45) is 0 Å². The van der Waals surface area contributed by atoms with E-state index >= 15 is 0 Å². The van der Waals surface area contributed by atoms with E-state index in [1.54, 1.807) is 30.0 Å². The van der Waals surface area contributed by atoms with Crippen LogP contribution < -0.4 is 10.6 Å². The van der Waals surface area contributed by atoms with E-state index in [1.165, 1.54) is 5.56 Å². The lowest BCUT2D eigenvalue weighted by Crippen LogP contribution is -2.32. The van der Waals surface area contributed by atoms with Gasteiger partial charge in [0, 0.05) is 31.1 Å². The molecule has 3 rings (SSSR count). The van der Waals surface area contributed by atoms with Crippen molar-refractivity contribution in [1.82, 2.24) is 5.32 Å². The fourth-order valence-electron chi connectivity index (χ4n) is 3.04. The summed E-state index contributed by atoms with van der Waals surface area (Å²) in [6.07, 6.45) is 2.50. The number of hydrogen-bond donors (Lipinski definition) is 2. The van der Waals surface area contributed by atoms with E-state index in [1.807, 2.05) is 24.3 Å². The molecule has 28 heavy (non-hydrogen) atoms. The van der Waals surface area contributed by atoms with Crippen LogP contribution in [0.15, 0.2) is 54.6 Å². The Morgan fingerprint density at radius 3 is 2.64 bits per heavy atom. The molecule has 5 nitrogen and oxygen atoms in total. The molecule has 0 saturated carbocycles. The standard InChI is InChI=1S/C22H26N2O3S/c25-21(12-14-28-16-17-7-2-1-3-8-17)24-20-11-5-4-10-19(20)22(26)23-15-18-9-6-13-27-18/h1-5,7-8,10-11,18H,6,9,12-16H2,(H,23,26)(H,24,25)/t18-/m0/s1. The summed E-state index contributed by atoms with van der Waals surface area (Å²) in [7, 11) is 0. The summed E-state index contributed by atoms with van der Waals surface area (Å²) in [5.41, 5.74) is 2.28. The third-order valence-electron chi connectivity index (χ3n) is 4.55. The van der Waals surface area contributed by atoms with Gasteiger partial charge in [0.05, 0.1) is 17.4 Å². The number of nitrogens with one attached hydrogen (secondary N) is 2. The Labute approximate surface area is 170 Å². The van der Waals surface area contributed by atoms with Crippen LogP contribution in [0.3, 0.4) is 0 Å². The van der Waals surface area contributed by atoms with Crippen LogP contribution in [-0.4, -0.2) is 36.8 Å². The molecule has 6 heteroatoms. The number of benzene rings is 2. The molecule has 1 aliphatic heterocycles. The van der Waals surface area contributed by atoms with Crippen LogP contribution >= 0.6 is 11.8 Å². The number of carbonyl (C=O) groups is 2. The topological polar surface area (TPSA) is 67.4 Å². The Morgan fingerprint density at radius 2 is 1.86 bits per heavy atom. The maximum atomic E-state index is 12.5. The second-order valence-corrected chi connectivity index (χ2v) is 7.83. The molecule has 1 saturated heterocycles. The highest BCUT2D eigenvalue weighted by atomic mass is 32.2. The molecule has 0 aromatic heterocycles. The van der Waals surface area contributed by atoms with Crippen LogP contribution in [0.5, 0.6) is 0 Å². The van der Waals surface area contributed by atoms with Crippen molar-refractivity contribution in [2.75, 3.05) is 24.2 Å². The molecule has 1 heterocycles. The van der Waals surface area contributed by atoms with Crippen LogP contribution in [0.2, 0.25) is 0 Å². The van der Waals surface area contributed by atoms with Gasteiger partial charge in [-0.15, -0.1) is 0 Å². The van der Waals surface area contributed by atoms with Crippen LogP contribution in [-0.2, 0) is 15.3 Å². The fourth-order valence-corrected chi connectivity index (χ4v) is 3.94. The fraction of sp³-hybridized carbons (Fsp3) is 0.364. The van der Waals surface area contributed by atoms with Crippen molar-refractivity contribution >= 4 is 29.3 Å². The number of rotatable bonds is 9. The summed E-state index contributed by atoms with van der Waals surface area (Å²) in [6, 6.07) is 17.3. The van der Waals surface area contributed by atoms with Crippen LogP contribution in [0.25, 0.3) is 0 Å². The van der Waals surface area contributed by atoms with Crippen LogP contribution in [0, 0.1) is 0 Å². The average Bonchev–Trinajstić information content (AvgIpc) is 3.24. The number of para-hydroxylation sites is 1. The smallest absolute Gasteiger partial charge is 0.253 e. The van der Waals surface area contributed by atoms with Crippen molar-refractivity contribution in [3.8, 4) is 0 Å². The molecular formula is C22H26N2O3S. The lowest BCUT2D eigenvalue weighted by Gasteiger charge is -2.13. The van der Waals surface area contributed by atoms with Gasteiger partial charge in [-0.05, 0) is 30.5 Å². The zero-order chi connectivity index (χ0) is 19.6. The summed E-state index contributed by atoms with van der Waals surface area (Å²) in [5.74, 6) is 1.34. The molecule has 2 aromatic rings. The number of amides is 2. The predicted molar refractivity (Wildman–Crippen MR) is 114 cm³/mol. The van der Waals surface area contributed by atoms with Gasteiger partial charge in [0.15, 0.2) is 0 Å². The van der Waals surface area contributed by atoms with E-state index in [-0.39, 0.29) is 17.9 Å². The first-order chi connectivity index (χ1) is 13.7. The number of anilines is 1. The van der Waals surface area contributed by atoms with Gasteiger partial charge >= 0.3 is 0 Å². The zero-order valence-electron chi connectivity index (χ0n) is 15.9. The highest BCUT2D eigenvalue weighted by molar-refractivity contribution is 7.98. The average molecular weight is 399 g/mol. The summed E-state index contributed by atoms with van der Waals surface area (Å²) in [5, 5.41) is 5.78. The highest BCUT2D eigenvalue weighted by Gasteiger charge is 2.18. The molecule has 1 fully saturated rings. The number of thioether (sulfide) groups is 1. The van der Waals surface area contributed by atoms with Gasteiger partial charge in [0.25, 0.3) is 5.91 Å². The second kappa shape index (κ2) is 10.9. The molecule has 2 amide bonds. The lowest BCUT2D eigenvalue weighted by molar-refractivity contribution is -0.115. The van der Waals surface area contributed by atoms with Gasteiger partial charge in [-0.2, -0.15) is 11.8 Å². The van der Waals surface area contributed by atoms with E-state index < -0.39 is 0 Å². The van der Waals surface area contributed by atoms with Crippen molar-refractivity contribution in [2.45, 2.75) is 31.1 Å². The minimum absolute atomic E-state index is 0.0834. The number of ether oxygens (including phenoxy) is 1. The first-order valence-electron chi connectivity index (χ1n) is 9.63. The van der Waals surface area contributed by atoms with Gasteiger partial charge < -0.3 is 15.4 Å². The third-order valence-corrected chi connectivity index (χ3v) is 5.58. The van der Waals surface area contributed by atoms with Crippen LogP contribution in [0.1, 0.15) is 35.2 Å². The predicted octanol–water partition coefficient (Wildman–Crippen LogP) is 3.86.